The Morgan fingerprint density at radius 1 is 1.50 bits per heavy atom. The van der Waals surface area contributed by atoms with Crippen LogP contribution in [0.5, 0.6) is 0 Å². The van der Waals surface area contributed by atoms with Crippen LogP contribution in [0.3, 0.4) is 0 Å². The minimum atomic E-state index is 0.298. The lowest BCUT2D eigenvalue weighted by atomic mass is 10.2. The van der Waals surface area contributed by atoms with Crippen molar-refractivity contribution in [3.8, 4) is 0 Å². The molecule has 0 spiro atoms. The standard InChI is InChI=1S/C9H14N4O/c10-7-1-3-12-9(8(7)11)13-6-2-4-14-5-6/h1,3,6H,2,4-5,11H2,(H3,10,12,13). The molecule has 14 heavy (non-hydrogen) atoms. The number of pyridine rings is 1. The van der Waals surface area contributed by atoms with Gasteiger partial charge in [-0.3, -0.25) is 0 Å². The average molecular weight is 194 g/mol. The summed E-state index contributed by atoms with van der Waals surface area (Å²) in [6.45, 7) is 1.50. The smallest absolute Gasteiger partial charge is 0.151 e. The van der Waals surface area contributed by atoms with Crippen LogP contribution in [0.2, 0.25) is 0 Å². The van der Waals surface area contributed by atoms with E-state index in [0.29, 0.717) is 29.8 Å². The number of aromatic nitrogens is 1. The van der Waals surface area contributed by atoms with E-state index in [1.54, 1.807) is 12.3 Å². The number of rotatable bonds is 2. The highest BCUT2D eigenvalue weighted by Crippen LogP contribution is 2.23. The molecule has 1 aliphatic rings. The molecule has 1 aliphatic heterocycles. The molecule has 0 saturated carbocycles. The highest BCUT2D eigenvalue weighted by Gasteiger charge is 2.16. The van der Waals surface area contributed by atoms with E-state index >= 15 is 0 Å². The van der Waals surface area contributed by atoms with Crippen LogP contribution < -0.4 is 16.8 Å². The number of nitrogen functional groups attached to an aromatic ring is 2. The number of anilines is 3. The van der Waals surface area contributed by atoms with Crippen molar-refractivity contribution in [3.63, 3.8) is 0 Å². The SMILES string of the molecule is Nc1ccnc(NC2CCOC2)c1N. The molecule has 1 unspecified atom stereocenters. The highest BCUT2D eigenvalue weighted by atomic mass is 16.5. The molecule has 76 valence electrons. The van der Waals surface area contributed by atoms with Crippen LogP contribution in [0.4, 0.5) is 17.2 Å². The maximum atomic E-state index is 5.77. The van der Waals surface area contributed by atoms with Crippen LogP contribution >= 0.6 is 0 Å². The maximum Gasteiger partial charge on any atom is 0.151 e. The monoisotopic (exact) mass is 194 g/mol. The number of ether oxygens (including phenoxy) is 1. The normalized spacial score (nSPS) is 21.0. The molecule has 1 atom stereocenters. The molecular weight excluding hydrogens is 180 g/mol. The first-order chi connectivity index (χ1) is 6.77. The minimum Gasteiger partial charge on any atom is -0.397 e. The summed E-state index contributed by atoms with van der Waals surface area (Å²) in [4.78, 5) is 4.13. The van der Waals surface area contributed by atoms with E-state index in [4.69, 9.17) is 16.2 Å². The first kappa shape index (κ1) is 9.08. The van der Waals surface area contributed by atoms with E-state index in [2.05, 4.69) is 10.3 Å². The first-order valence-corrected chi connectivity index (χ1v) is 4.61. The summed E-state index contributed by atoms with van der Waals surface area (Å²) in [7, 11) is 0. The molecule has 0 aromatic carbocycles. The van der Waals surface area contributed by atoms with Crippen molar-refractivity contribution in [2.24, 2.45) is 0 Å². The van der Waals surface area contributed by atoms with Crippen LogP contribution in [0.15, 0.2) is 12.3 Å². The molecule has 1 saturated heterocycles. The number of nitrogens with two attached hydrogens (primary N) is 2. The van der Waals surface area contributed by atoms with Gasteiger partial charge < -0.3 is 21.5 Å². The molecule has 0 bridgehead atoms. The van der Waals surface area contributed by atoms with Gasteiger partial charge in [-0.2, -0.15) is 0 Å². The first-order valence-electron chi connectivity index (χ1n) is 4.61. The topological polar surface area (TPSA) is 86.2 Å². The molecule has 0 radical (unpaired) electrons. The summed E-state index contributed by atoms with van der Waals surface area (Å²) in [6, 6.07) is 1.98. The lowest BCUT2D eigenvalue weighted by Crippen LogP contribution is -2.20. The zero-order valence-corrected chi connectivity index (χ0v) is 7.86. The molecule has 0 amide bonds. The summed E-state index contributed by atoms with van der Waals surface area (Å²) >= 11 is 0. The quantitative estimate of drug-likeness (QED) is 0.636. The third kappa shape index (κ3) is 1.72. The molecule has 1 fully saturated rings. The predicted octanol–water partition coefficient (Wildman–Crippen LogP) is 0.447. The van der Waals surface area contributed by atoms with Crippen LogP contribution in [-0.4, -0.2) is 24.2 Å². The Bertz CT molecular complexity index is 323. The minimum absolute atomic E-state index is 0.298. The zero-order valence-electron chi connectivity index (χ0n) is 7.86. The number of hydrogen-bond acceptors (Lipinski definition) is 5. The average Bonchev–Trinajstić information content (AvgIpc) is 2.66. The third-order valence-corrected chi connectivity index (χ3v) is 2.29. The van der Waals surface area contributed by atoms with Crippen molar-refractivity contribution in [2.45, 2.75) is 12.5 Å². The Labute approximate surface area is 82.4 Å². The molecule has 2 rings (SSSR count). The Morgan fingerprint density at radius 2 is 2.36 bits per heavy atom. The predicted molar refractivity (Wildman–Crippen MR) is 55.9 cm³/mol. The van der Waals surface area contributed by atoms with Gasteiger partial charge in [0.05, 0.1) is 24.0 Å². The molecule has 5 N–H and O–H groups in total. The van der Waals surface area contributed by atoms with Crippen LogP contribution in [0.1, 0.15) is 6.42 Å². The Hall–Kier alpha value is -1.49. The van der Waals surface area contributed by atoms with Gasteiger partial charge in [0.1, 0.15) is 0 Å². The summed E-state index contributed by atoms with van der Waals surface area (Å²) in [5.74, 6) is 0.653. The fraction of sp³-hybridized carbons (Fsp3) is 0.444. The second-order valence-corrected chi connectivity index (χ2v) is 3.37. The van der Waals surface area contributed by atoms with Gasteiger partial charge in [-0.15, -0.1) is 0 Å². The van der Waals surface area contributed by atoms with Gasteiger partial charge in [-0.1, -0.05) is 0 Å². The molecule has 1 aromatic rings. The lowest BCUT2D eigenvalue weighted by Gasteiger charge is -2.13. The van der Waals surface area contributed by atoms with Crippen LogP contribution in [0.25, 0.3) is 0 Å². The second-order valence-electron chi connectivity index (χ2n) is 3.37. The lowest BCUT2D eigenvalue weighted by molar-refractivity contribution is 0.195. The molecule has 0 aliphatic carbocycles. The molecule has 5 heteroatoms. The van der Waals surface area contributed by atoms with Gasteiger partial charge in [0.25, 0.3) is 0 Å². The molecule has 1 aromatic heterocycles. The van der Waals surface area contributed by atoms with Crippen LogP contribution in [0, 0.1) is 0 Å². The van der Waals surface area contributed by atoms with Crippen molar-refractivity contribution in [1.29, 1.82) is 0 Å². The van der Waals surface area contributed by atoms with Gasteiger partial charge in [0.15, 0.2) is 5.82 Å². The van der Waals surface area contributed by atoms with Crippen molar-refractivity contribution in [1.82, 2.24) is 4.98 Å². The fourth-order valence-electron chi connectivity index (χ4n) is 1.44. The largest absolute Gasteiger partial charge is 0.397 e. The Kier molecular flexibility index (Phi) is 2.41. The number of hydrogen-bond donors (Lipinski definition) is 3. The number of nitrogens with zero attached hydrogens (tertiary/aromatic N) is 1. The van der Waals surface area contributed by atoms with Crippen molar-refractivity contribution < 1.29 is 4.74 Å². The fourth-order valence-corrected chi connectivity index (χ4v) is 1.44. The number of nitrogens with one attached hydrogen (secondary N) is 1. The van der Waals surface area contributed by atoms with E-state index in [1.807, 2.05) is 0 Å². The van der Waals surface area contributed by atoms with E-state index < -0.39 is 0 Å². The van der Waals surface area contributed by atoms with Gasteiger partial charge in [-0.25, -0.2) is 4.98 Å². The Morgan fingerprint density at radius 3 is 3.07 bits per heavy atom. The van der Waals surface area contributed by atoms with E-state index in [-0.39, 0.29) is 0 Å². The van der Waals surface area contributed by atoms with E-state index in [0.717, 1.165) is 13.0 Å². The molecule has 5 nitrogen and oxygen atoms in total. The summed E-state index contributed by atoms with van der Waals surface area (Å²) in [5, 5.41) is 3.21. The molecule has 2 heterocycles. The van der Waals surface area contributed by atoms with Crippen molar-refractivity contribution in [3.05, 3.63) is 12.3 Å². The van der Waals surface area contributed by atoms with Gasteiger partial charge in [0.2, 0.25) is 0 Å². The van der Waals surface area contributed by atoms with E-state index in [9.17, 15) is 0 Å². The maximum absolute atomic E-state index is 5.77. The van der Waals surface area contributed by atoms with E-state index in [1.165, 1.54) is 0 Å². The van der Waals surface area contributed by atoms with Crippen molar-refractivity contribution in [2.75, 3.05) is 30.0 Å². The zero-order chi connectivity index (χ0) is 9.97. The summed E-state index contributed by atoms with van der Waals surface area (Å²) in [5.41, 5.74) is 12.5. The third-order valence-electron chi connectivity index (χ3n) is 2.29. The van der Waals surface area contributed by atoms with Crippen molar-refractivity contribution >= 4 is 17.2 Å². The molecular formula is C9H14N4O. The summed E-state index contributed by atoms with van der Waals surface area (Å²) in [6.07, 6.45) is 2.62. The van der Waals surface area contributed by atoms with Crippen LogP contribution in [-0.2, 0) is 4.74 Å². The second kappa shape index (κ2) is 3.71. The van der Waals surface area contributed by atoms with Gasteiger partial charge >= 0.3 is 0 Å². The van der Waals surface area contributed by atoms with Gasteiger partial charge in [-0.05, 0) is 12.5 Å². The highest BCUT2D eigenvalue weighted by molar-refractivity contribution is 5.75. The summed E-state index contributed by atoms with van der Waals surface area (Å²) < 4.78 is 5.24. The Balaban J connectivity index is 2.11. The van der Waals surface area contributed by atoms with Gasteiger partial charge in [0, 0.05) is 12.8 Å².